The van der Waals surface area contributed by atoms with Crippen LogP contribution in [0.2, 0.25) is 0 Å². The molecule has 0 aliphatic rings. The Morgan fingerprint density at radius 3 is 2.67 bits per heavy atom. The molecule has 0 radical (unpaired) electrons. The zero-order valence-corrected chi connectivity index (χ0v) is 7.50. The molecular weight excluding hydrogens is 176 g/mol. The van der Waals surface area contributed by atoms with Gasteiger partial charge >= 0.3 is 0 Å². The topological polar surface area (TPSA) is 0 Å². The zero-order chi connectivity index (χ0) is 7.11. The highest BCUT2D eigenvalue weighted by Gasteiger charge is 1.90. The molecule has 0 rings (SSSR count). The molecule has 0 aliphatic heterocycles. The third kappa shape index (κ3) is 4.50. The van der Waals surface area contributed by atoms with E-state index >= 15 is 0 Å². The summed E-state index contributed by atoms with van der Waals surface area (Å²) in [6, 6.07) is 0. The van der Waals surface area contributed by atoms with Crippen molar-refractivity contribution in [1.29, 1.82) is 0 Å². The highest BCUT2D eigenvalue weighted by Crippen LogP contribution is 2.07. The van der Waals surface area contributed by atoms with Crippen LogP contribution in [0.15, 0.2) is 17.9 Å². The second kappa shape index (κ2) is 6.12. The SMILES string of the molecule is C=C=C(CBr)CCCC. The van der Waals surface area contributed by atoms with E-state index in [1.807, 2.05) is 0 Å². The van der Waals surface area contributed by atoms with E-state index in [2.05, 4.69) is 35.2 Å². The van der Waals surface area contributed by atoms with E-state index in [0.717, 1.165) is 11.8 Å². The molecule has 0 amide bonds. The van der Waals surface area contributed by atoms with Crippen molar-refractivity contribution in [3.8, 4) is 0 Å². The van der Waals surface area contributed by atoms with E-state index in [4.69, 9.17) is 0 Å². The van der Waals surface area contributed by atoms with Gasteiger partial charge in [0.1, 0.15) is 0 Å². The Kier molecular flexibility index (Phi) is 6.12. The van der Waals surface area contributed by atoms with Crippen molar-refractivity contribution in [3.05, 3.63) is 17.9 Å². The molecule has 0 aliphatic carbocycles. The normalized spacial score (nSPS) is 8.67. The van der Waals surface area contributed by atoms with E-state index in [1.54, 1.807) is 0 Å². The van der Waals surface area contributed by atoms with Gasteiger partial charge < -0.3 is 0 Å². The summed E-state index contributed by atoms with van der Waals surface area (Å²) in [5.74, 6) is 0. The molecule has 1 heteroatoms. The minimum Gasteiger partial charge on any atom is -0.129 e. The summed E-state index contributed by atoms with van der Waals surface area (Å²) >= 11 is 3.37. The minimum atomic E-state index is 0.927. The fourth-order valence-electron chi connectivity index (χ4n) is 0.593. The molecule has 0 fully saturated rings. The van der Waals surface area contributed by atoms with Gasteiger partial charge in [0.2, 0.25) is 0 Å². The summed E-state index contributed by atoms with van der Waals surface area (Å²) < 4.78 is 0. The molecule has 0 saturated carbocycles. The van der Waals surface area contributed by atoms with Crippen LogP contribution >= 0.6 is 15.9 Å². The summed E-state index contributed by atoms with van der Waals surface area (Å²) in [6.45, 7) is 5.78. The summed E-state index contributed by atoms with van der Waals surface area (Å²) in [6.07, 6.45) is 3.65. The Morgan fingerprint density at radius 1 is 1.67 bits per heavy atom. The Morgan fingerprint density at radius 2 is 2.33 bits per heavy atom. The monoisotopic (exact) mass is 188 g/mol. The van der Waals surface area contributed by atoms with Crippen molar-refractivity contribution >= 4 is 15.9 Å². The lowest BCUT2D eigenvalue weighted by atomic mass is 10.1. The third-order valence-corrected chi connectivity index (χ3v) is 1.92. The van der Waals surface area contributed by atoms with Gasteiger partial charge in [-0.2, -0.15) is 0 Å². The van der Waals surface area contributed by atoms with Crippen LogP contribution in [0.1, 0.15) is 26.2 Å². The summed E-state index contributed by atoms with van der Waals surface area (Å²) in [4.78, 5) is 0. The Labute approximate surface area is 65.8 Å². The Balaban J connectivity index is 3.45. The van der Waals surface area contributed by atoms with Gasteiger partial charge in [-0.3, -0.25) is 0 Å². The number of allylic oxidation sites excluding steroid dienone is 1. The maximum Gasteiger partial charge on any atom is 0.0317 e. The van der Waals surface area contributed by atoms with Crippen LogP contribution in [0.25, 0.3) is 0 Å². The molecule has 0 bridgehead atoms. The van der Waals surface area contributed by atoms with Crippen LogP contribution in [0, 0.1) is 0 Å². The van der Waals surface area contributed by atoms with Crippen LogP contribution in [0.4, 0.5) is 0 Å². The average molecular weight is 189 g/mol. The Hall–Kier alpha value is 0. The highest BCUT2D eigenvalue weighted by atomic mass is 79.9. The van der Waals surface area contributed by atoms with Crippen molar-refractivity contribution in [2.24, 2.45) is 0 Å². The number of hydrogen-bond acceptors (Lipinski definition) is 0. The van der Waals surface area contributed by atoms with Crippen molar-refractivity contribution < 1.29 is 0 Å². The van der Waals surface area contributed by atoms with Crippen LogP contribution in [-0.2, 0) is 0 Å². The average Bonchev–Trinajstić information content (AvgIpc) is 1.91. The molecule has 0 aromatic heterocycles. The second-order valence-electron chi connectivity index (χ2n) is 2.02. The Bertz CT molecular complexity index is 110. The molecule has 0 unspecified atom stereocenters. The molecule has 52 valence electrons. The first-order chi connectivity index (χ1) is 4.35. The molecule has 0 aromatic carbocycles. The maximum atomic E-state index is 3.59. The first kappa shape index (κ1) is 9.00. The van der Waals surface area contributed by atoms with Gasteiger partial charge in [-0.25, -0.2) is 0 Å². The quantitative estimate of drug-likeness (QED) is 0.470. The number of unbranched alkanes of at least 4 members (excludes halogenated alkanes) is 1. The van der Waals surface area contributed by atoms with E-state index in [-0.39, 0.29) is 0 Å². The lowest BCUT2D eigenvalue weighted by Crippen LogP contribution is -1.81. The summed E-state index contributed by atoms with van der Waals surface area (Å²) in [5.41, 5.74) is 4.20. The molecule has 9 heavy (non-hydrogen) atoms. The van der Waals surface area contributed by atoms with Crippen molar-refractivity contribution in [3.63, 3.8) is 0 Å². The standard InChI is InChI=1S/C8H13Br/c1-3-5-6-8(4-2)7-9/h2-3,5-7H2,1H3. The van der Waals surface area contributed by atoms with Crippen LogP contribution in [0.3, 0.4) is 0 Å². The minimum absolute atomic E-state index is 0.927. The smallest absolute Gasteiger partial charge is 0.0317 e. The zero-order valence-electron chi connectivity index (χ0n) is 5.91. The largest absolute Gasteiger partial charge is 0.129 e. The van der Waals surface area contributed by atoms with Gasteiger partial charge in [-0.05, 0) is 18.4 Å². The van der Waals surface area contributed by atoms with Crippen molar-refractivity contribution in [2.75, 3.05) is 5.33 Å². The third-order valence-electron chi connectivity index (χ3n) is 1.24. The molecule has 0 N–H and O–H groups in total. The van der Waals surface area contributed by atoms with Gasteiger partial charge in [0.25, 0.3) is 0 Å². The molecular formula is C8H13Br. The molecule has 0 saturated heterocycles. The van der Waals surface area contributed by atoms with Gasteiger partial charge in [-0.15, -0.1) is 5.73 Å². The summed E-state index contributed by atoms with van der Waals surface area (Å²) in [5, 5.41) is 0.927. The van der Waals surface area contributed by atoms with E-state index in [0.29, 0.717) is 0 Å². The molecule has 0 atom stereocenters. The van der Waals surface area contributed by atoms with Gasteiger partial charge in [0.15, 0.2) is 0 Å². The van der Waals surface area contributed by atoms with Gasteiger partial charge in [0, 0.05) is 5.33 Å². The van der Waals surface area contributed by atoms with Gasteiger partial charge in [-0.1, -0.05) is 35.9 Å². The first-order valence-corrected chi connectivity index (χ1v) is 4.41. The maximum absolute atomic E-state index is 3.59. The van der Waals surface area contributed by atoms with Gasteiger partial charge in [0.05, 0.1) is 0 Å². The number of hydrogen-bond donors (Lipinski definition) is 0. The van der Waals surface area contributed by atoms with Crippen LogP contribution < -0.4 is 0 Å². The van der Waals surface area contributed by atoms with Crippen molar-refractivity contribution in [1.82, 2.24) is 0 Å². The predicted octanol–water partition coefficient (Wildman–Crippen LogP) is 3.28. The predicted molar refractivity (Wildman–Crippen MR) is 46.0 cm³/mol. The number of alkyl halides is 1. The lowest BCUT2D eigenvalue weighted by Gasteiger charge is -1.95. The van der Waals surface area contributed by atoms with E-state index < -0.39 is 0 Å². The van der Waals surface area contributed by atoms with Crippen LogP contribution in [-0.4, -0.2) is 5.33 Å². The van der Waals surface area contributed by atoms with Crippen LogP contribution in [0.5, 0.6) is 0 Å². The fraction of sp³-hybridized carbons (Fsp3) is 0.625. The molecule has 0 heterocycles. The number of halogens is 1. The van der Waals surface area contributed by atoms with E-state index in [9.17, 15) is 0 Å². The second-order valence-corrected chi connectivity index (χ2v) is 2.58. The molecule has 0 nitrogen and oxygen atoms in total. The lowest BCUT2D eigenvalue weighted by molar-refractivity contribution is 0.791. The van der Waals surface area contributed by atoms with E-state index in [1.165, 1.54) is 18.4 Å². The van der Waals surface area contributed by atoms with Crippen molar-refractivity contribution in [2.45, 2.75) is 26.2 Å². The highest BCUT2D eigenvalue weighted by molar-refractivity contribution is 9.09. The molecule has 0 aromatic rings. The fourth-order valence-corrected chi connectivity index (χ4v) is 1.07. The summed E-state index contributed by atoms with van der Waals surface area (Å²) in [7, 11) is 0. The first-order valence-electron chi connectivity index (χ1n) is 3.29. The number of rotatable bonds is 4. The molecule has 0 spiro atoms.